The quantitative estimate of drug-likeness (QED) is 0.632. The zero-order valence-corrected chi connectivity index (χ0v) is 14.6. The summed E-state index contributed by atoms with van der Waals surface area (Å²) in [5, 5.41) is 4.76. The van der Waals surface area contributed by atoms with Gasteiger partial charge in [-0.1, -0.05) is 25.1 Å². The van der Waals surface area contributed by atoms with Crippen LogP contribution >= 0.6 is 27.3 Å². The number of hydrogen-bond acceptors (Lipinski definition) is 3. The average Bonchev–Trinajstić information content (AvgIpc) is 3.07. The Bertz CT molecular complexity index is 746. The summed E-state index contributed by atoms with van der Waals surface area (Å²) in [4.78, 5) is 1.27. The van der Waals surface area contributed by atoms with E-state index in [4.69, 9.17) is 4.42 Å². The third-order valence-electron chi connectivity index (χ3n) is 3.52. The first-order chi connectivity index (χ1) is 10.2. The second kappa shape index (κ2) is 6.34. The van der Waals surface area contributed by atoms with Crippen molar-refractivity contribution >= 4 is 38.2 Å². The summed E-state index contributed by atoms with van der Waals surface area (Å²) in [5.41, 5.74) is 2.17. The Labute approximate surface area is 137 Å². The van der Waals surface area contributed by atoms with Crippen molar-refractivity contribution in [2.24, 2.45) is 0 Å². The number of benzene rings is 1. The van der Waals surface area contributed by atoms with Gasteiger partial charge in [-0.15, -0.1) is 11.3 Å². The molecule has 2 heterocycles. The first kappa shape index (κ1) is 14.8. The number of furan rings is 1. The molecular weight excluding hydrogens is 346 g/mol. The molecule has 1 unspecified atom stereocenters. The first-order valence-electron chi connectivity index (χ1n) is 7.16. The molecule has 0 aliphatic heterocycles. The molecule has 0 aliphatic rings. The SMILES string of the molecule is CCCNC(c1cc2cccc(C)c2o1)c1ccc(Br)s1. The number of fused-ring (bicyclic) bond motifs is 1. The van der Waals surface area contributed by atoms with Crippen LogP contribution in [-0.2, 0) is 0 Å². The molecule has 3 rings (SSSR count). The van der Waals surface area contributed by atoms with Crippen LogP contribution in [0.1, 0.15) is 35.6 Å². The fourth-order valence-electron chi connectivity index (χ4n) is 2.48. The Morgan fingerprint density at radius 2 is 2.14 bits per heavy atom. The Balaban J connectivity index is 2.03. The molecule has 0 amide bonds. The van der Waals surface area contributed by atoms with E-state index in [-0.39, 0.29) is 6.04 Å². The van der Waals surface area contributed by atoms with E-state index in [1.54, 1.807) is 11.3 Å². The van der Waals surface area contributed by atoms with Crippen LogP contribution in [0.4, 0.5) is 0 Å². The Morgan fingerprint density at radius 3 is 2.81 bits per heavy atom. The van der Waals surface area contributed by atoms with Crippen LogP contribution < -0.4 is 5.32 Å². The number of rotatable bonds is 5. The van der Waals surface area contributed by atoms with Crippen molar-refractivity contribution in [3.63, 3.8) is 0 Å². The molecule has 21 heavy (non-hydrogen) atoms. The first-order valence-corrected chi connectivity index (χ1v) is 8.77. The molecule has 2 nitrogen and oxygen atoms in total. The lowest BCUT2D eigenvalue weighted by Gasteiger charge is -2.14. The van der Waals surface area contributed by atoms with Gasteiger partial charge in [0.25, 0.3) is 0 Å². The topological polar surface area (TPSA) is 25.2 Å². The van der Waals surface area contributed by atoms with Crippen molar-refractivity contribution in [1.29, 1.82) is 0 Å². The van der Waals surface area contributed by atoms with Crippen LogP contribution in [-0.4, -0.2) is 6.54 Å². The highest BCUT2D eigenvalue weighted by atomic mass is 79.9. The van der Waals surface area contributed by atoms with Crippen molar-refractivity contribution < 1.29 is 4.42 Å². The molecule has 0 saturated carbocycles. The largest absolute Gasteiger partial charge is 0.459 e. The van der Waals surface area contributed by atoms with E-state index < -0.39 is 0 Å². The van der Waals surface area contributed by atoms with Gasteiger partial charge in [0.05, 0.1) is 3.79 Å². The molecule has 1 aromatic carbocycles. The highest BCUT2D eigenvalue weighted by Crippen LogP contribution is 2.34. The van der Waals surface area contributed by atoms with Gasteiger partial charge in [-0.3, -0.25) is 0 Å². The van der Waals surface area contributed by atoms with Gasteiger partial charge in [0, 0.05) is 10.3 Å². The van der Waals surface area contributed by atoms with E-state index in [9.17, 15) is 0 Å². The molecule has 1 atom stereocenters. The summed E-state index contributed by atoms with van der Waals surface area (Å²) < 4.78 is 7.30. The Kier molecular flexibility index (Phi) is 4.48. The standard InChI is InChI=1S/C17H18BrNOS/c1-3-9-19-16(14-7-8-15(18)21-14)13-10-12-6-4-5-11(2)17(12)20-13/h4-8,10,16,19H,3,9H2,1-2H3. The molecule has 110 valence electrons. The van der Waals surface area contributed by atoms with Gasteiger partial charge in [-0.25, -0.2) is 0 Å². The average molecular weight is 364 g/mol. The number of hydrogen-bond donors (Lipinski definition) is 1. The maximum absolute atomic E-state index is 6.15. The normalized spacial score (nSPS) is 12.9. The van der Waals surface area contributed by atoms with E-state index >= 15 is 0 Å². The highest BCUT2D eigenvalue weighted by Gasteiger charge is 2.20. The zero-order chi connectivity index (χ0) is 14.8. The van der Waals surface area contributed by atoms with Crippen molar-refractivity contribution in [2.75, 3.05) is 6.54 Å². The van der Waals surface area contributed by atoms with Crippen LogP contribution in [0, 0.1) is 6.92 Å². The van der Waals surface area contributed by atoms with E-state index in [0.29, 0.717) is 0 Å². The van der Waals surface area contributed by atoms with Crippen LogP contribution in [0.3, 0.4) is 0 Å². The van der Waals surface area contributed by atoms with Gasteiger partial charge >= 0.3 is 0 Å². The highest BCUT2D eigenvalue weighted by molar-refractivity contribution is 9.11. The molecule has 2 aromatic heterocycles. The molecule has 0 spiro atoms. The number of para-hydroxylation sites is 1. The minimum Gasteiger partial charge on any atom is -0.459 e. The molecule has 0 saturated heterocycles. The summed E-state index contributed by atoms with van der Waals surface area (Å²) in [7, 11) is 0. The van der Waals surface area contributed by atoms with Gasteiger partial charge in [-0.2, -0.15) is 0 Å². The summed E-state index contributed by atoms with van der Waals surface area (Å²) in [6.45, 7) is 5.24. The molecule has 3 aromatic rings. The number of nitrogens with one attached hydrogen (secondary N) is 1. The predicted molar refractivity (Wildman–Crippen MR) is 93.1 cm³/mol. The van der Waals surface area contributed by atoms with Crippen LogP contribution in [0.2, 0.25) is 0 Å². The van der Waals surface area contributed by atoms with Gasteiger partial charge < -0.3 is 9.73 Å². The van der Waals surface area contributed by atoms with Crippen LogP contribution in [0.15, 0.2) is 44.6 Å². The molecule has 4 heteroatoms. The minimum absolute atomic E-state index is 0.119. The fourth-order valence-corrected chi connectivity index (χ4v) is 3.99. The maximum Gasteiger partial charge on any atom is 0.137 e. The third kappa shape index (κ3) is 3.07. The molecule has 0 aliphatic carbocycles. The second-order valence-electron chi connectivity index (χ2n) is 5.17. The summed E-state index contributed by atoms with van der Waals surface area (Å²) in [6, 6.07) is 12.8. The number of aryl methyl sites for hydroxylation is 1. The molecular formula is C17H18BrNOS. The van der Waals surface area contributed by atoms with Gasteiger partial charge in [-0.05, 0) is 59.6 Å². The summed E-state index contributed by atoms with van der Waals surface area (Å²) in [6.07, 6.45) is 1.10. The van der Waals surface area contributed by atoms with Crippen molar-refractivity contribution in [2.45, 2.75) is 26.3 Å². The lowest BCUT2D eigenvalue weighted by molar-refractivity contribution is 0.472. The monoisotopic (exact) mass is 363 g/mol. The number of halogens is 1. The maximum atomic E-state index is 6.15. The van der Waals surface area contributed by atoms with E-state index in [1.165, 1.54) is 15.8 Å². The smallest absolute Gasteiger partial charge is 0.137 e. The van der Waals surface area contributed by atoms with Crippen molar-refractivity contribution in [3.8, 4) is 0 Å². The molecule has 1 N–H and O–H groups in total. The zero-order valence-electron chi connectivity index (χ0n) is 12.2. The van der Waals surface area contributed by atoms with Crippen molar-refractivity contribution in [3.05, 3.63) is 56.4 Å². The van der Waals surface area contributed by atoms with E-state index in [0.717, 1.165) is 28.1 Å². The Morgan fingerprint density at radius 1 is 1.29 bits per heavy atom. The predicted octanol–water partition coefficient (Wildman–Crippen LogP) is 5.65. The molecule has 0 radical (unpaired) electrons. The molecule has 0 fully saturated rings. The van der Waals surface area contributed by atoms with E-state index in [1.807, 2.05) is 0 Å². The fraction of sp³-hybridized carbons (Fsp3) is 0.294. The van der Waals surface area contributed by atoms with Gasteiger partial charge in [0.2, 0.25) is 0 Å². The minimum atomic E-state index is 0.119. The summed E-state index contributed by atoms with van der Waals surface area (Å²) in [5.74, 6) is 0.988. The van der Waals surface area contributed by atoms with Gasteiger partial charge in [0.15, 0.2) is 0 Å². The van der Waals surface area contributed by atoms with Crippen LogP contribution in [0.5, 0.6) is 0 Å². The molecule has 0 bridgehead atoms. The third-order valence-corrected chi connectivity index (χ3v) is 5.21. The van der Waals surface area contributed by atoms with Crippen LogP contribution in [0.25, 0.3) is 11.0 Å². The van der Waals surface area contributed by atoms with Gasteiger partial charge in [0.1, 0.15) is 17.4 Å². The number of thiophene rings is 1. The lowest BCUT2D eigenvalue weighted by atomic mass is 10.1. The van der Waals surface area contributed by atoms with E-state index in [2.05, 4.69) is 71.5 Å². The second-order valence-corrected chi connectivity index (χ2v) is 7.67. The summed E-state index contributed by atoms with van der Waals surface area (Å²) >= 11 is 5.30. The van der Waals surface area contributed by atoms with Crippen molar-refractivity contribution in [1.82, 2.24) is 5.32 Å². The Hall–Kier alpha value is -1.10. The lowest BCUT2D eigenvalue weighted by Crippen LogP contribution is -2.21.